The van der Waals surface area contributed by atoms with Crippen molar-refractivity contribution >= 4 is 30.6 Å². The number of hydrogen-bond acceptors (Lipinski definition) is 4. The molecule has 0 aromatic heterocycles. The molecule has 0 radical (unpaired) electrons. The van der Waals surface area contributed by atoms with Crippen LogP contribution in [0.4, 0.5) is 0 Å². The lowest BCUT2D eigenvalue weighted by atomic mass is 10.0. The highest BCUT2D eigenvalue weighted by molar-refractivity contribution is 8.06. The fraction of sp³-hybridized carbons (Fsp3) is 0.300. The molecule has 1 amide bonds. The van der Waals surface area contributed by atoms with Gasteiger partial charge in [-0.05, 0) is 48.2 Å². The summed E-state index contributed by atoms with van der Waals surface area (Å²) in [6.07, 6.45) is 7.14. The zero-order valence-corrected chi connectivity index (χ0v) is 17.5. The smallest absolute Gasteiger partial charge is 0.375 e. The highest BCUT2D eigenvalue weighted by Gasteiger charge is 2.10. The number of hydrazone groups is 1. The molecular formula is C20H25N2O4PS. The standard InChI is InChI=1S/C20H25N2O4PS/c1-2-3-4-5-8-16-9-6-11-18(13-16)20(23)22-21-15-17-10-7-12-19(14-17)26-27(24,25)28/h6-7,9-15H,2-5,8H2,1H3,(H,22,23)(H2,24,25,28). The van der Waals surface area contributed by atoms with Gasteiger partial charge in [0, 0.05) is 17.4 Å². The summed E-state index contributed by atoms with van der Waals surface area (Å²) >= 11 is 4.45. The summed E-state index contributed by atoms with van der Waals surface area (Å²) in [4.78, 5) is 30.7. The Balaban J connectivity index is 1.93. The lowest BCUT2D eigenvalue weighted by Crippen LogP contribution is -2.17. The Hall–Kier alpha value is -2.05. The molecule has 0 aliphatic heterocycles. The van der Waals surface area contributed by atoms with E-state index >= 15 is 0 Å². The predicted molar refractivity (Wildman–Crippen MR) is 115 cm³/mol. The lowest BCUT2D eigenvalue weighted by molar-refractivity contribution is 0.0955. The number of carbonyl (C=O) groups excluding carboxylic acids is 1. The molecule has 3 N–H and O–H groups in total. The first-order valence-electron chi connectivity index (χ1n) is 9.15. The van der Waals surface area contributed by atoms with E-state index < -0.39 is 6.72 Å². The Morgan fingerprint density at radius 3 is 2.71 bits per heavy atom. The van der Waals surface area contributed by atoms with Crippen LogP contribution in [0.1, 0.15) is 54.1 Å². The van der Waals surface area contributed by atoms with Crippen molar-refractivity contribution in [3.8, 4) is 5.75 Å². The molecule has 0 fully saturated rings. The molecule has 8 heteroatoms. The van der Waals surface area contributed by atoms with E-state index in [1.165, 1.54) is 25.5 Å². The van der Waals surface area contributed by atoms with Crippen LogP contribution < -0.4 is 9.95 Å². The molecule has 0 unspecified atom stereocenters. The molecule has 2 aromatic carbocycles. The summed E-state index contributed by atoms with van der Waals surface area (Å²) in [5.74, 6) is -0.0698. The second-order valence-electron chi connectivity index (χ2n) is 6.36. The molecular weight excluding hydrogens is 395 g/mol. The Morgan fingerprint density at radius 2 is 1.96 bits per heavy atom. The minimum absolute atomic E-state index is 0.222. The van der Waals surface area contributed by atoms with Gasteiger partial charge >= 0.3 is 6.72 Å². The van der Waals surface area contributed by atoms with Crippen LogP contribution in [0.2, 0.25) is 0 Å². The summed E-state index contributed by atoms with van der Waals surface area (Å²) in [7, 11) is 0. The summed E-state index contributed by atoms with van der Waals surface area (Å²) in [6.45, 7) is -1.60. The van der Waals surface area contributed by atoms with Crippen molar-refractivity contribution in [3.63, 3.8) is 0 Å². The second-order valence-corrected chi connectivity index (χ2v) is 8.96. The van der Waals surface area contributed by atoms with Crippen molar-refractivity contribution in [2.45, 2.75) is 39.0 Å². The van der Waals surface area contributed by atoms with E-state index in [0.29, 0.717) is 11.1 Å². The molecule has 0 spiro atoms. The van der Waals surface area contributed by atoms with Gasteiger partial charge in [-0.25, -0.2) is 5.43 Å². The minimum Gasteiger partial charge on any atom is -0.424 e. The maximum atomic E-state index is 12.3. The average molecular weight is 420 g/mol. The Kier molecular flexibility index (Phi) is 8.80. The fourth-order valence-corrected chi connectivity index (χ4v) is 3.29. The van der Waals surface area contributed by atoms with Crippen LogP contribution in [0.25, 0.3) is 0 Å². The number of rotatable bonds is 10. The van der Waals surface area contributed by atoms with Gasteiger partial charge in [-0.1, -0.05) is 50.5 Å². The average Bonchev–Trinajstić information content (AvgIpc) is 2.64. The van der Waals surface area contributed by atoms with Crippen LogP contribution in [-0.4, -0.2) is 21.9 Å². The van der Waals surface area contributed by atoms with E-state index in [0.717, 1.165) is 18.4 Å². The first-order valence-corrected chi connectivity index (χ1v) is 11.8. The molecule has 0 heterocycles. The number of aryl methyl sites for hydroxylation is 1. The van der Waals surface area contributed by atoms with E-state index in [1.54, 1.807) is 30.3 Å². The molecule has 150 valence electrons. The normalized spacial score (nSPS) is 11.5. The maximum absolute atomic E-state index is 12.3. The van der Waals surface area contributed by atoms with Crippen LogP contribution in [0.3, 0.4) is 0 Å². The highest BCUT2D eigenvalue weighted by atomic mass is 32.5. The molecule has 0 aliphatic carbocycles. The van der Waals surface area contributed by atoms with Crippen molar-refractivity contribution in [2.24, 2.45) is 5.10 Å². The summed E-state index contributed by atoms with van der Waals surface area (Å²) in [5.41, 5.74) is 4.81. The third-order valence-electron chi connectivity index (χ3n) is 3.97. The number of nitrogens with one attached hydrogen (secondary N) is 1. The zero-order chi connectivity index (χ0) is 20.4. The lowest BCUT2D eigenvalue weighted by Gasteiger charge is -2.09. The van der Waals surface area contributed by atoms with Gasteiger partial charge in [-0.2, -0.15) is 5.10 Å². The number of amides is 1. The van der Waals surface area contributed by atoms with E-state index in [4.69, 9.17) is 4.52 Å². The van der Waals surface area contributed by atoms with Crippen molar-refractivity contribution < 1.29 is 19.1 Å². The third-order valence-corrected chi connectivity index (χ3v) is 4.64. The van der Waals surface area contributed by atoms with Crippen molar-refractivity contribution in [2.75, 3.05) is 0 Å². The monoisotopic (exact) mass is 420 g/mol. The molecule has 6 nitrogen and oxygen atoms in total. The highest BCUT2D eigenvalue weighted by Crippen LogP contribution is 2.37. The minimum atomic E-state index is -3.79. The van der Waals surface area contributed by atoms with Gasteiger partial charge < -0.3 is 14.3 Å². The topological polar surface area (TPSA) is 91.2 Å². The van der Waals surface area contributed by atoms with Gasteiger partial charge in [0.05, 0.1) is 6.21 Å². The van der Waals surface area contributed by atoms with E-state index in [9.17, 15) is 14.6 Å². The third kappa shape index (κ3) is 8.31. The molecule has 2 aromatic rings. The van der Waals surface area contributed by atoms with Crippen molar-refractivity contribution in [1.82, 2.24) is 5.43 Å². The summed E-state index contributed by atoms with van der Waals surface area (Å²) in [5, 5.41) is 3.95. The molecule has 0 bridgehead atoms. The van der Waals surface area contributed by atoms with E-state index in [2.05, 4.69) is 29.3 Å². The Morgan fingerprint density at radius 1 is 1.18 bits per heavy atom. The number of benzene rings is 2. The van der Waals surface area contributed by atoms with Crippen LogP contribution in [0, 0.1) is 0 Å². The van der Waals surface area contributed by atoms with Gasteiger partial charge in [0.2, 0.25) is 0 Å². The largest absolute Gasteiger partial charge is 0.424 e. The maximum Gasteiger partial charge on any atom is 0.375 e. The Labute approximate surface area is 170 Å². The second kappa shape index (κ2) is 11.1. The van der Waals surface area contributed by atoms with Crippen molar-refractivity contribution in [3.05, 3.63) is 65.2 Å². The Bertz CT molecular complexity index is 867. The van der Waals surface area contributed by atoms with Crippen molar-refractivity contribution in [1.29, 1.82) is 0 Å². The summed E-state index contributed by atoms with van der Waals surface area (Å²) in [6, 6.07) is 14.0. The van der Waals surface area contributed by atoms with Crippen LogP contribution in [-0.2, 0) is 18.2 Å². The van der Waals surface area contributed by atoms with E-state index in [1.807, 2.05) is 18.2 Å². The molecule has 2 rings (SSSR count). The van der Waals surface area contributed by atoms with Gasteiger partial charge in [0.1, 0.15) is 5.75 Å². The van der Waals surface area contributed by atoms with Gasteiger partial charge in [-0.3, -0.25) is 4.79 Å². The quantitative estimate of drug-likeness (QED) is 0.232. The number of hydrogen-bond donors (Lipinski definition) is 3. The SMILES string of the molecule is CCCCCCc1cccc(C(=O)NN=Cc2cccc(OP(O)(O)=S)c2)c1. The molecule has 28 heavy (non-hydrogen) atoms. The number of carbonyl (C=O) groups is 1. The first-order chi connectivity index (χ1) is 13.4. The molecule has 0 saturated heterocycles. The van der Waals surface area contributed by atoms with Gasteiger partial charge in [0.25, 0.3) is 5.91 Å². The van der Waals surface area contributed by atoms with Crippen LogP contribution in [0.5, 0.6) is 5.75 Å². The van der Waals surface area contributed by atoms with Crippen LogP contribution in [0.15, 0.2) is 53.6 Å². The first kappa shape index (κ1) is 22.2. The molecule has 0 aliphatic rings. The number of unbranched alkanes of at least 4 members (excludes halogenated alkanes) is 3. The zero-order valence-electron chi connectivity index (χ0n) is 15.7. The van der Waals surface area contributed by atoms with Gasteiger partial charge in [0.15, 0.2) is 0 Å². The number of nitrogens with zero attached hydrogens (tertiary/aromatic N) is 1. The van der Waals surface area contributed by atoms with Crippen LogP contribution >= 0.6 is 6.72 Å². The fourth-order valence-electron chi connectivity index (χ4n) is 2.64. The molecule has 0 saturated carbocycles. The van der Waals surface area contributed by atoms with E-state index in [-0.39, 0.29) is 11.7 Å². The summed E-state index contributed by atoms with van der Waals surface area (Å²) < 4.78 is 4.89. The molecule has 0 atom stereocenters. The van der Waals surface area contributed by atoms with Gasteiger partial charge in [-0.15, -0.1) is 0 Å². The predicted octanol–water partition coefficient (Wildman–Crippen LogP) is 4.16.